The van der Waals surface area contributed by atoms with Gasteiger partial charge in [0, 0.05) is 30.1 Å². The lowest BCUT2D eigenvalue weighted by Gasteiger charge is -2.20. The summed E-state index contributed by atoms with van der Waals surface area (Å²) in [6.45, 7) is 1.67. The van der Waals surface area contributed by atoms with Crippen molar-refractivity contribution in [3.8, 4) is 0 Å². The normalized spacial score (nSPS) is 14.5. The number of nitrogens with zero attached hydrogens (tertiary/aromatic N) is 2. The molecule has 0 unspecified atom stereocenters. The summed E-state index contributed by atoms with van der Waals surface area (Å²) in [4.78, 5) is 31.5. The van der Waals surface area contributed by atoms with Crippen LogP contribution in [-0.4, -0.2) is 43.7 Å². The molecule has 138 valence electrons. The number of likely N-dealkylation sites (N-methyl/N-ethyl adjacent to an activating group) is 1. The summed E-state index contributed by atoms with van der Waals surface area (Å²) in [5.74, 6) is -1.72. The fourth-order valence-corrected chi connectivity index (χ4v) is 4.05. The van der Waals surface area contributed by atoms with Gasteiger partial charge in [-0.1, -0.05) is 0 Å². The number of aromatic nitrogens is 1. The first kappa shape index (κ1) is 18.5. The number of anilines is 2. The number of nitrogens with two attached hydrogens (primary N) is 1. The average molecular weight is 395 g/mol. The van der Waals surface area contributed by atoms with Gasteiger partial charge in [0.2, 0.25) is 10.0 Å². The van der Waals surface area contributed by atoms with Gasteiger partial charge in [-0.25, -0.2) is 18.5 Å². The van der Waals surface area contributed by atoms with Gasteiger partial charge in [-0.05, 0) is 31.3 Å². The number of benzene rings is 1. The zero-order valence-electron chi connectivity index (χ0n) is 13.9. The first-order chi connectivity index (χ1) is 12.2. The lowest BCUT2D eigenvalue weighted by molar-refractivity contribution is -0.132. The molecule has 0 atom stereocenters. The molecule has 0 spiro atoms. The molecule has 3 rings (SSSR count). The summed E-state index contributed by atoms with van der Waals surface area (Å²) in [6.07, 6.45) is 0.806. The maximum Gasteiger partial charge on any atom is 0.315 e. The van der Waals surface area contributed by atoms with Gasteiger partial charge >= 0.3 is 11.8 Å². The first-order valence-electron chi connectivity index (χ1n) is 7.65. The molecule has 1 aliphatic heterocycles. The van der Waals surface area contributed by atoms with Crippen molar-refractivity contribution < 1.29 is 18.0 Å². The smallest absolute Gasteiger partial charge is 0.315 e. The van der Waals surface area contributed by atoms with Crippen molar-refractivity contribution in [3.63, 3.8) is 0 Å². The van der Waals surface area contributed by atoms with E-state index in [-0.39, 0.29) is 10.6 Å². The molecule has 2 amide bonds. The molecule has 9 nitrogen and oxygen atoms in total. The van der Waals surface area contributed by atoms with Gasteiger partial charge in [0.25, 0.3) is 0 Å². The van der Waals surface area contributed by atoms with Crippen molar-refractivity contribution in [3.05, 3.63) is 34.8 Å². The highest BCUT2D eigenvalue weighted by Gasteiger charge is 2.21. The van der Waals surface area contributed by atoms with E-state index in [2.05, 4.69) is 20.5 Å². The number of hydrogen-bond acceptors (Lipinski definition) is 7. The van der Waals surface area contributed by atoms with Gasteiger partial charge in [0.1, 0.15) is 0 Å². The third kappa shape index (κ3) is 4.25. The molecule has 2 aromatic rings. The summed E-state index contributed by atoms with van der Waals surface area (Å²) in [6, 6.07) is 5.19. The van der Waals surface area contributed by atoms with E-state index in [4.69, 9.17) is 5.14 Å². The highest BCUT2D eigenvalue weighted by molar-refractivity contribution is 7.89. The van der Waals surface area contributed by atoms with E-state index >= 15 is 0 Å². The Bertz CT molecular complexity index is 953. The number of nitrogens with one attached hydrogen (secondary N) is 2. The average Bonchev–Trinajstić information content (AvgIpc) is 2.95. The number of primary sulfonamides is 1. The van der Waals surface area contributed by atoms with Crippen LogP contribution in [0.4, 0.5) is 10.8 Å². The quantitative estimate of drug-likeness (QED) is 0.642. The minimum absolute atomic E-state index is 0.0849. The molecule has 26 heavy (non-hydrogen) atoms. The molecule has 2 heterocycles. The Morgan fingerprint density at radius 1 is 1.19 bits per heavy atom. The highest BCUT2D eigenvalue weighted by Crippen LogP contribution is 2.27. The van der Waals surface area contributed by atoms with Crippen molar-refractivity contribution in [1.29, 1.82) is 0 Å². The van der Waals surface area contributed by atoms with Crippen LogP contribution in [0.1, 0.15) is 10.6 Å². The van der Waals surface area contributed by atoms with E-state index in [0.29, 0.717) is 5.13 Å². The van der Waals surface area contributed by atoms with Crippen LogP contribution in [0.5, 0.6) is 0 Å². The Morgan fingerprint density at radius 2 is 1.85 bits per heavy atom. The van der Waals surface area contributed by atoms with Crippen molar-refractivity contribution in [2.45, 2.75) is 17.9 Å². The molecule has 0 aliphatic carbocycles. The van der Waals surface area contributed by atoms with Crippen molar-refractivity contribution in [1.82, 2.24) is 9.88 Å². The summed E-state index contributed by atoms with van der Waals surface area (Å²) >= 11 is 1.35. The Morgan fingerprint density at radius 3 is 2.50 bits per heavy atom. The molecular formula is C15H17N5O4S2. The zero-order valence-corrected chi connectivity index (χ0v) is 15.5. The van der Waals surface area contributed by atoms with Gasteiger partial charge in [-0.2, -0.15) is 0 Å². The fraction of sp³-hybridized carbons (Fsp3) is 0.267. The predicted octanol–water partition coefficient (Wildman–Crippen LogP) is 0.356. The van der Waals surface area contributed by atoms with Crippen LogP contribution in [0.25, 0.3) is 0 Å². The fourth-order valence-electron chi connectivity index (χ4n) is 2.45. The molecule has 11 heteroatoms. The van der Waals surface area contributed by atoms with E-state index in [1.165, 1.54) is 35.6 Å². The third-order valence-corrected chi connectivity index (χ3v) is 5.72. The van der Waals surface area contributed by atoms with Crippen LogP contribution in [0, 0.1) is 0 Å². The number of thiazole rings is 1. The van der Waals surface area contributed by atoms with E-state index in [0.717, 1.165) is 30.1 Å². The van der Waals surface area contributed by atoms with Gasteiger partial charge in [0.05, 0.1) is 10.6 Å². The minimum Gasteiger partial charge on any atom is -0.318 e. The molecule has 1 aromatic heterocycles. The van der Waals surface area contributed by atoms with Gasteiger partial charge in [-0.15, -0.1) is 11.3 Å². The topological polar surface area (TPSA) is 134 Å². The summed E-state index contributed by atoms with van der Waals surface area (Å²) in [5, 5.41) is 10.3. The molecular weight excluding hydrogens is 378 g/mol. The van der Waals surface area contributed by atoms with Crippen LogP contribution in [-0.2, 0) is 32.6 Å². The maximum absolute atomic E-state index is 12.0. The largest absolute Gasteiger partial charge is 0.318 e. The first-order valence-corrected chi connectivity index (χ1v) is 10.0. The molecule has 1 aliphatic rings. The standard InChI is InChI=1S/C15H17N5O4S2/c1-20-7-6-11-12(8-20)25-15(18-11)19-14(22)13(21)17-9-2-4-10(5-3-9)26(16,23)24/h2-5H,6-8H2,1H3,(H,17,21)(H2,16,23,24)(H,18,19,22). The molecule has 1 aromatic carbocycles. The van der Waals surface area contributed by atoms with E-state index < -0.39 is 21.8 Å². The number of rotatable bonds is 3. The summed E-state index contributed by atoms with van der Waals surface area (Å²) in [5.41, 5.74) is 1.22. The second-order valence-electron chi connectivity index (χ2n) is 5.85. The Balaban J connectivity index is 1.62. The highest BCUT2D eigenvalue weighted by atomic mass is 32.2. The van der Waals surface area contributed by atoms with Crippen LogP contribution >= 0.6 is 11.3 Å². The van der Waals surface area contributed by atoms with Crippen LogP contribution < -0.4 is 15.8 Å². The Hall–Kier alpha value is -2.34. The second kappa shape index (κ2) is 7.11. The predicted molar refractivity (Wildman–Crippen MR) is 97.2 cm³/mol. The number of carbonyl (C=O) groups excluding carboxylic acids is 2. The molecule has 0 saturated heterocycles. The summed E-state index contributed by atoms with van der Waals surface area (Å²) < 4.78 is 22.4. The van der Waals surface area contributed by atoms with Gasteiger partial charge in [-0.3, -0.25) is 14.9 Å². The van der Waals surface area contributed by atoms with Crippen molar-refractivity contribution >= 4 is 44.0 Å². The monoisotopic (exact) mass is 395 g/mol. The van der Waals surface area contributed by atoms with Crippen LogP contribution in [0.2, 0.25) is 0 Å². The molecule has 0 saturated carbocycles. The SMILES string of the molecule is CN1CCc2nc(NC(=O)C(=O)Nc3ccc(S(N)(=O)=O)cc3)sc2C1. The molecule has 0 bridgehead atoms. The Kier molecular flexibility index (Phi) is 5.05. The lowest BCUT2D eigenvalue weighted by Crippen LogP contribution is -2.29. The summed E-state index contributed by atoms with van der Waals surface area (Å²) in [7, 11) is -1.80. The molecule has 0 fully saturated rings. The third-order valence-electron chi connectivity index (χ3n) is 3.79. The van der Waals surface area contributed by atoms with Crippen LogP contribution in [0.15, 0.2) is 29.2 Å². The van der Waals surface area contributed by atoms with E-state index in [1.807, 2.05) is 7.05 Å². The van der Waals surface area contributed by atoms with Crippen molar-refractivity contribution in [2.75, 3.05) is 24.2 Å². The van der Waals surface area contributed by atoms with Gasteiger partial charge in [0.15, 0.2) is 5.13 Å². The van der Waals surface area contributed by atoms with E-state index in [9.17, 15) is 18.0 Å². The van der Waals surface area contributed by atoms with Crippen LogP contribution in [0.3, 0.4) is 0 Å². The second-order valence-corrected chi connectivity index (χ2v) is 8.50. The number of sulfonamides is 1. The minimum atomic E-state index is -3.81. The number of amides is 2. The van der Waals surface area contributed by atoms with Gasteiger partial charge < -0.3 is 10.2 Å². The maximum atomic E-state index is 12.0. The zero-order chi connectivity index (χ0) is 18.9. The molecule has 4 N–H and O–H groups in total. The number of hydrogen-bond donors (Lipinski definition) is 3. The molecule has 0 radical (unpaired) electrons. The lowest BCUT2D eigenvalue weighted by atomic mass is 10.2. The number of fused-ring (bicyclic) bond motifs is 1. The van der Waals surface area contributed by atoms with Crippen molar-refractivity contribution in [2.24, 2.45) is 5.14 Å². The van der Waals surface area contributed by atoms with E-state index in [1.54, 1.807) is 0 Å². The Labute approximate surface area is 154 Å². The number of carbonyl (C=O) groups is 2.